The second-order valence-electron chi connectivity index (χ2n) is 9.89. The molecule has 182 valence electrons. The fourth-order valence-electron chi connectivity index (χ4n) is 5.68. The summed E-state index contributed by atoms with van der Waals surface area (Å²) >= 11 is 3.01. The summed E-state index contributed by atoms with van der Waals surface area (Å²) in [5, 5.41) is 0. The number of hydrogen-bond donors (Lipinski definition) is 2. The molecule has 0 atom stereocenters. The molecule has 2 amide bonds. The summed E-state index contributed by atoms with van der Waals surface area (Å²) in [4.78, 5) is 13.3. The second-order valence-corrected chi connectivity index (χ2v) is 11.5. The molecule has 3 aliphatic rings. The van der Waals surface area contributed by atoms with Gasteiger partial charge in [-0.25, -0.2) is 14.2 Å². The Balaban J connectivity index is 1.21. The maximum absolute atomic E-state index is 13.3. The van der Waals surface area contributed by atoms with Crippen molar-refractivity contribution in [3.05, 3.63) is 71.8 Å². The topological polar surface area (TPSA) is 47.6 Å². The van der Waals surface area contributed by atoms with Gasteiger partial charge in [-0.15, -0.1) is 0 Å². The van der Waals surface area contributed by atoms with Crippen LogP contribution in [0.1, 0.15) is 75.3 Å². The van der Waals surface area contributed by atoms with E-state index >= 15 is 0 Å². The minimum Gasteiger partial charge on any atom is -0.252 e. The molecular weight excluding hydrogens is 460 g/mol. The third-order valence-corrected chi connectivity index (χ3v) is 9.78. The van der Waals surface area contributed by atoms with Crippen LogP contribution in [0.3, 0.4) is 0 Å². The Labute approximate surface area is 213 Å². The van der Waals surface area contributed by atoms with E-state index in [-0.39, 0.29) is 17.1 Å². The first-order valence-corrected chi connectivity index (χ1v) is 14.3. The lowest BCUT2D eigenvalue weighted by Gasteiger charge is -2.39. The van der Waals surface area contributed by atoms with Gasteiger partial charge >= 0.3 is 6.03 Å². The predicted octanol–water partition coefficient (Wildman–Crippen LogP) is 6.75. The highest BCUT2D eigenvalue weighted by molar-refractivity contribution is 7.97. The van der Waals surface area contributed by atoms with Crippen LogP contribution in [0.15, 0.2) is 60.7 Å². The van der Waals surface area contributed by atoms with E-state index in [0.29, 0.717) is 0 Å². The fraction of sp³-hybridized carbons (Fsp3) is 0.519. The number of carbonyl (C=O) groups is 1. The summed E-state index contributed by atoms with van der Waals surface area (Å²) in [7, 11) is 0. The van der Waals surface area contributed by atoms with Gasteiger partial charge in [-0.05, 0) is 36.8 Å². The Bertz CT molecular complexity index is 855. The van der Waals surface area contributed by atoms with Gasteiger partial charge in [0.15, 0.2) is 0 Å². The SMILES string of the molecule is O=C1N(SNC2(c3ccccc3)CCCCC2)CCN1SNC1(c2ccccc2)CCCCC1. The van der Waals surface area contributed by atoms with Crippen LogP contribution in [0.4, 0.5) is 4.79 Å². The lowest BCUT2D eigenvalue weighted by Crippen LogP contribution is -2.43. The van der Waals surface area contributed by atoms with Gasteiger partial charge in [0, 0.05) is 24.3 Å². The van der Waals surface area contributed by atoms with Crippen molar-refractivity contribution in [2.45, 2.75) is 75.3 Å². The van der Waals surface area contributed by atoms with E-state index in [1.165, 1.54) is 73.9 Å². The Morgan fingerprint density at radius 2 is 0.971 bits per heavy atom. The largest absolute Gasteiger partial charge is 0.342 e. The number of hydrogen-bond acceptors (Lipinski definition) is 5. The third-order valence-electron chi connectivity index (χ3n) is 7.70. The van der Waals surface area contributed by atoms with Gasteiger partial charge in [-0.2, -0.15) is 0 Å². The van der Waals surface area contributed by atoms with Gasteiger partial charge in [-0.1, -0.05) is 99.2 Å². The van der Waals surface area contributed by atoms with Crippen molar-refractivity contribution >= 4 is 30.3 Å². The van der Waals surface area contributed by atoms with Gasteiger partial charge in [-0.3, -0.25) is 8.61 Å². The summed E-state index contributed by atoms with van der Waals surface area (Å²) in [6.07, 6.45) is 12.0. The molecule has 0 spiro atoms. The van der Waals surface area contributed by atoms with E-state index in [4.69, 9.17) is 0 Å². The monoisotopic (exact) mass is 496 g/mol. The molecule has 34 heavy (non-hydrogen) atoms. The zero-order valence-corrected chi connectivity index (χ0v) is 21.5. The molecule has 3 fully saturated rings. The van der Waals surface area contributed by atoms with E-state index < -0.39 is 0 Å². The number of rotatable bonds is 8. The Hall–Kier alpha value is -1.67. The molecule has 2 aliphatic carbocycles. The van der Waals surface area contributed by atoms with Gasteiger partial charge in [0.1, 0.15) is 0 Å². The summed E-state index contributed by atoms with van der Waals surface area (Å²) in [5.74, 6) is 0. The molecule has 2 N–H and O–H groups in total. The smallest absolute Gasteiger partial charge is 0.252 e. The summed E-state index contributed by atoms with van der Waals surface area (Å²) in [6, 6.07) is 21.6. The zero-order valence-electron chi connectivity index (χ0n) is 19.9. The molecule has 2 aromatic carbocycles. The number of nitrogens with one attached hydrogen (secondary N) is 2. The van der Waals surface area contributed by atoms with Crippen LogP contribution in [0, 0.1) is 0 Å². The highest BCUT2D eigenvalue weighted by Gasteiger charge is 2.39. The average Bonchev–Trinajstić information content (AvgIpc) is 3.27. The molecule has 5 rings (SSSR count). The van der Waals surface area contributed by atoms with E-state index in [1.807, 2.05) is 8.61 Å². The van der Waals surface area contributed by atoms with E-state index in [0.717, 1.165) is 38.8 Å². The quantitative estimate of drug-likeness (QED) is 0.396. The van der Waals surface area contributed by atoms with Gasteiger partial charge in [0.05, 0.1) is 24.2 Å². The van der Waals surface area contributed by atoms with Crippen molar-refractivity contribution < 1.29 is 4.79 Å². The summed E-state index contributed by atoms with van der Waals surface area (Å²) in [5.41, 5.74) is 2.57. The standard InChI is InChI=1S/C27H36N4OS2/c32-25-30(33-28-26(17-9-3-10-18-26)23-13-5-1-6-14-23)21-22-31(25)34-29-27(19-11-4-12-20-27)24-15-7-2-8-16-24/h1-2,5-8,13-16,28-29H,3-4,9-12,17-22H2. The van der Waals surface area contributed by atoms with Crippen LogP contribution in [0.25, 0.3) is 0 Å². The van der Waals surface area contributed by atoms with Crippen LogP contribution in [-0.4, -0.2) is 27.7 Å². The molecule has 1 aliphatic heterocycles. The van der Waals surface area contributed by atoms with Crippen LogP contribution in [0.2, 0.25) is 0 Å². The third kappa shape index (κ3) is 5.13. The highest BCUT2D eigenvalue weighted by atomic mass is 32.2. The Kier molecular flexibility index (Phi) is 7.74. The lowest BCUT2D eigenvalue weighted by atomic mass is 9.77. The van der Waals surface area contributed by atoms with Crippen LogP contribution >= 0.6 is 24.3 Å². The average molecular weight is 497 g/mol. The van der Waals surface area contributed by atoms with E-state index in [2.05, 4.69) is 70.1 Å². The molecule has 2 aromatic rings. The molecule has 0 bridgehead atoms. The maximum atomic E-state index is 13.3. The summed E-state index contributed by atoms with van der Waals surface area (Å²) in [6.45, 7) is 1.46. The Morgan fingerprint density at radius 1 is 0.588 bits per heavy atom. The van der Waals surface area contributed by atoms with Crippen LogP contribution in [0.5, 0.6) is 0 Å². The molecule has 1 saturated heterocycles. The second kappa shape index (κ2) is 10.9. The van der Waals surface area contributed by atoms with Crippen molar-refractivity contribution in [2.75, 3.05) is 13.1 Å². The van der Waals surface area contributed by atoms with Crippen molar-refractivity contribution in [3.8, 4) is 0 Å². The number of urea groups is 1. The van der Waals surface area contributed by atoms with Crippen molar-refractivity contribution in [1.29, 1.82) is 0 Å². The van der Waals surface area contributed by atoms with Crippen molar-refractivity contribution in [3.63, 3.8) is 0 Å². The molecule has 1 heterocycles. The van der Waals surface area contributed by atoms with Crippen LogP contribution in [-0.2, 0) is 11.1 Å². The molecule has 5 nitrogen and oxygen atoms in total. The van der Waals surface area contributed by atoms with Crippen molar-refractivity contribution in [2.24, 2.45) is 0 Å². The summed E-state index contributed by atoms with van der Waals surface area (Å²) < 4.78 is 11.3. The highest BCUT2D eigenvalue weighted by Crippen LogP contribution is 2.41. The predicted molar refractivity (Wildman–Crippen MR) is 143 cm³/mol. The Morgan fingerprint density at radius 3 is 1.35 bits per heavy atom. The molecule has 0 unspecified atom stereocenters. The van der Waals surface area contributed by atoms with Gasteiger partial charge < -0.3 is 0 Å². The number of carbonyl (C=O) groups excluding carboxylic acids is 1. The molecule has 0 aromatic heterocycles. The number of nitrogens with zero attached hydrogens (tertiary/aromatic N) is 2. The zero-order chi connectivity index (χ0) is 23.3. The maximum Gasteiger partial charge on any atom is 0.342 e. The van der Waals surface area contributed by atoms with E-state index in [1.54, 1.807) is 0 Å². The lowest BCUT2D eigenvalue weighted by molar-refractivity contribution is 0.226. The minimum absolute atomic E-state index is 0.0528. The first kappa shape index (κ1) is 24.0. The minimum atomic E-state index is -0.0528. The normalized spacial score (nSPS) is 22.2. The number of amides is 2. The van der Waals surface area contributed by atoms with Gasteiger partial charge in [0.2, 0.25) is 0 Å². The van der Waals surface area contributed by atoms with Crippen molar-refractivity contribution in [1.82, 2.24) is 18.1 Å². The first-order valence-electron chi connectivity index (χ1n) is 12.8. The first-order chi connectivity index (χ1) is 16.7. The molecule has 7 heteroatoms. The molecular formula is C27H36N4OS2. The molecule has 2 saturated carbocycles. The van der Waals surface area contributed by atoms with E-state index in [9.17, 15) is 4.79 Å². The van der Waals surface area contributed by atoms with Gasteiger partial charge in [0.25, 0.3) is 0 Å². The number of benzene rings is 2. The molecule has 0 radical (unpaired) electrons. The van der Waals surface area contributed by atoms with Crippen LogP contribution < -0.4 is 9.44 Å². The fourth-order valence-corrected chi connectivity index (χ4v) is 7.64.